The van der Waals surface area contributed by atoms with Gasteiger partial charge in [0.15, 0.2) is 5.95 Å². The lowest BCUT2D eigenvalue weighted by Crippen LogP contribution is -2.35. The van der Waals surface area contributed by atoms with Gasteiger partial charge in [-0.25, -0.2) is 0 Å². The SMILES string of the molecule is COc1ccc(-[n+]2noc([O-])c2SCC(=O)Nc2ccccc2)cc1. The molecule has 7 nitrogen and oxygen atoms in total. The summed E-state index contributed by atoms with van der Waals surface area (Å²) in [6.45, 7) is 0. The number of carbonyl (C=O) groups excluding carboxylic acids is 1. The Labute approximate surface area is 148 Å². The summed E-state index contributed by atoms with van der Waals surface area (Å²) in [5.41, 5.74) is 1.33. The Morgan fingerprint density at radius 1 is 1.24 bits per heavy atom. The van der Waals surface area contributed by atoms with Crippen molar-refractivity contribution in [1.82, 2.24) is 5.27 Å². The number of hydrogen-bond acceptors (Lipinski definition) is 6. The van der Waals surface area contributed by atoms with Crippen molar-refractivity contribution in [3.8, 4) is 17.4 Å². The molecule has 0 atom stereocenters. The average molecular weight is 357 g/mol. The number of hydrogen-bond donors (Lipinski definition) is 1. The average Bonchev–Trinajstić information content (AvgIpc) is 3.01. The lowest BCUT2D eigenvalue weighted by atomic mass is 10.3. The topological polar surface area (TPSA) is 91.3 Å². The number of anilines is 1. The summed E-state index contributed by atoms with van der Waals surface area (Å²) in [5, 5.41) is 18.6. The summed E-state index contributed by atoms with van der Waals surface area (Å²) in [5.74, 6) is -0.0698. The Kier molecular flexibility index (Phi) is 5.20. The van der Waals surface area contributed by atoms with E-state index in [1.807, 2.05) is 18.2 Å². The molecule has 1 N–H and O–H groups in total. The molecule has 0 spiro atoms. The Bertz CT molecular complexity index is 850. The highest BCUT2D eigenvalue weighted by Gasteiger charge is 2.22. The van der Waals surface area contributed by atoms with E-state index in [0.717, 1.165) is 11.8 Å². The molecule has 0 aliphatic carbocycles. The maximum absolute atomic E-state index is 12.0. The second-order valence-electron chi connectivity index (χ2n) is 4.98. The van der Waals surface area contributed by atoms with Gasteiger partial charge < -0.3 is 19.7 Å². The molecule has 25 heavy (non-hydrogen) atoms. The number of nitrogens with one attached hydrogen (secondary N) is 1. The van der Waals surface area contributed by atoms with E-state index in [1.165, 1.54) is 4.68 Å². The maximum Gasteiger partial charge on any atom is 0.298 e. The van der Waals surface area contributed by atoms with Crippen LogP contribution in [0.2, 0.25) is 0 Å². The minimum absolute atomic E-state index is 0.0570. The molecular formula is C17H15N3O4S. The minimum atomic E-state index is -0.590. The molecule has 0 aliphatic rings. The van der Waals surface area contributed by atoms with E-state index < -0.39 is 5.95 Å². The smallest absolute Gasteiger partial charge is 0.298 e. The predicted molar refractivity (Wildman–Crippen MR) is 89.8 cm³/mol. The summed E-state index contributed by atoms with van der Waals surface area (Å²) in [6.07, 6.45) is 0. The van der Waals surface area contributed by atoms with Crippen molar-refractivity contribution in [2.75, 3.05) is 18.2 Å². The number of rotatable bonds is 6. The summed E-state index contributed by atoms with van der Waals surface area (Å²) >= 11 is 1.06. The number of thioether (sulfide) groups is 1. The van der Waals surface area contributed by atoms with Crippen molar-refractivity contribution < 1.29 is 23.8 Å². The highest BCUT2D eigenvalue weighted by atomic mass is 32.2. The minimum Gasteiger partial charge on any atom is -0.538 e. The number of para-hydroxylation sites is 1. The Hall–Kier alpha value is -3.00. The lowest BCUT2D eigenvalue weighted by molar-refractivity contribution is -0.705. The van der Waals surface area contributed by atoms with Gasteiger partial charge in [0.25, 0.3) is 5.03 Å². The molecule has 3 aromatic rings. The molecule has 1 amide bonds. The fourth-order valence-electron chi connectivity index (χ4n) is 2.10. The monoisotopic (exact) mass is 357 g/mol. The Morgan fingerprint density at radius 2 is 1.96 bits per heavy atom. The third-order valence-electron chi connectivity index (χ3n) is 3.29. The van der Waals surface area contributed by atoms with Crippen LogP contribution in [0.5, 0.6) is 11.7 Å². The van der Waals surface area contributed by atoms with Crippen LogP contribution in [0.1, 0.15) is 0 Å². The van der Waals surface area contributed by atoms with E-state index in [0.29, 0.717) is 17.1 Å². The molecule has 0 bridgehead atoms. The third-order valence-corrected chi connectivity index (χ3v) is 4.31. The van der Waals surface area contributed by atoms with Gasteiger partial charge in [0.05, 0.1) is 18.1 Å². The van der Waals surface area contributed by atoms with Gasteiger partial charge in [0, 0.05) is 17.8 Å². The van der Waals surface area contributed by atoms with Crippen LogP contribution >= 0.6 is 11.8 Å². The number of methoxy groups -OCH3 is 1. The van der Waals surface area contributed by atoms with E-state index in [2.05, 4.69) is 10.6 Å². The van der Waals surface area contributed by atoms with Crippen LogP contribution in [-0.4, -0.2) is 24.0 Å². The van der Waals surface area contributed by atoms with Crippen LogP contribution in [0.3, 0.4) is 0 Å². The molecule has 0 radical (unpaired) electrons. The largest absolute Gasteiger partial charge is 0.538 e. The molecule has 0 unspecified atom stereocenters. The van der Waals surface area contributed by atoms with Gasteiger partial charge in [-0.15, -0.1) is 0 Å². The fraction of sp³-hybridized carbons (Fsp3) is 0.118. The zero-order valence-electron chi connectivity index (χ0n) is 13.3. The van der Waals surface area contributed by atoms with Crippen molar-refractivity contribution in [1.29, 1.82) is 0 Å². The normalized spacial score (nSPS) is 10.4. The van der Waals surface area contributed by atoms with Gasteiger partial charge in [-0.2, -0.15) is 0 Å². The van der Waals surface area contributed by atoms with E-state index >= 15 is 0 Å². The van der Waals surface area contributed by atoms with Gasteiger partial charge in [-0.1, -0.05) is 18.2 Å². The van der Waals surface area contributed by atoms with Crippen LogP contribution in [0.25, 0.3) is 5.69 Å². The van der Waals surface area contributed by atoms with Crippen LogP contribution < -0.4 is 19.8 Å². The number of benzene rings is 2. The zero-order valence-corrected chi connectivity index (χ0v) is 14.2. The van der Waals surface area contributed by atoms with E-state index in [4.69, 9.17) is 9.26 Å². The second-order valence-corrected chi connectivity index (χ2v) is 5.94. The first-order valence-electron chi connectivity index (χ1n) is 7.38. The highest BCUT2D eigenvalue weighted by Crippen LogP contribution is 2.24. The molecule has 128 valence electrons. The van der Waals surface area contributed by atoms with Crippen molar-refractivity contribution in [2.24, 2.45) is 0 Å². The standard InChI is InChI=1S/C17H15N3O4S/c1-23-14-9-7-13(8-10-14)20-16(17(22)24-19-20)25-11-15(21)18-12-5-3-2-4-6-12/h2-10H,11H2,1H3,(H-,18,19,21,22). The Morgan fingerprint density at radius 3 is 2.64 bits per heavy atom. The van der Waals surface area contributed by atoms with Gasteiger partial charge in [0.1, 0.15) is 5.75 Å². The molecule has 0 aliphatic heterocycles. The number of ether oxygens (including phenoxy) is 1. The van der Waals surface area contributed by atoms with Gasteiger partial charge in [0.2, 0.25) is 11.6 Å². The molecule has 8 heteroatoms. The zero-order chi connectivity index (χ0) is 17.6. The summed E-state index contributed by atoms with van der Waals surface area (Å²) in [4.78, 5) is 12.0. The van der Waals surface area contributed by atoms with Crippen LogP contribution in [0.4, 0.5) is 5.69 Å². The number of amides is 1. The summed E-state index contributed by atoms with van der Waals surface area (Å²) in [6, 6.07) is 16.1. The first-order valence-corrected chi connectivity index (χ1v) is 8.37. The fourth-order valence-corrected chi connectivity index (χ4v) is 2.86. The number of nitrogens with zero attached hydrogens (tertiary/aromatic N) is 2. The highest BCUT2D eigenvalue weighted by molar-refractivity contribution is 7.99. The first kappa shape index (κ1) is 16.8. The maximum atomic E-state index is 12.0. The van der Waals surface area contributed by atoms with E-state index in [1.54, 1.807) is 43.5 Å². The van der Waals surface area contributed by atoms with Gasteiger partial charge >= 0.3 is 0 Å². The van der Waals surface area contributed by atoms with Crippen LogP contribution in [0, 0.1) is 0 Å². The van der Waals surface area contributed by atoms with Crippen molar-refractivity contribution in [3.63, 3.8) is 0 Å². The molecule has 3 rings (SSSR count). The Balaban J connectivity index is 1.70. The molecule has 0 saturated carbocycles. The number of carbonyl (C=O) groups is 1. The van der Waals surface area contributed by atoms with E-state index in [-0.39, 0.29) is 16.7 Å². The molecule has 1 aromatic heterocycles. The molecule has 0 saturated heterocycles. The first-order chi connectivity index (χ1) is 12.2. The third kappa shape index (κ3) is 4.10. The summed E-state index contributed by atoms with van der Waals surface area (Å²) < 4.78 is 11.2. The van der Waals surface area contributed by atoms with Crippen LogP contribution in [-0.2, 0) is 4.79 Å². The van der Waals surface area contributed by atoms with Crippen molar-refractivity contribution in [2.45, 2.75) is 5.03 Å². The number of aromatic nitrogens is 2. The van der Waals surface area contributed by atoms with E-state index in [9.17, 15) is 9.90 Å². The lowest BCUT2D eigenvalue weighted by Gasteiger charge is -2.03. The molecule has 1 heterocycles. The quantitative estimate of drug-likeness (QED) is 0.534. The van der Waals surface area contributed by atoms with Crippen LogP contribution in [0.15, 0.2) is 64.1 Å². The van der Waals surface area contributed by atoms with Crippen molar-refractivity contribution >= 4 is 23.4 Å². The van der Waals surface area contributed by atoms with Gasteiger partial charge in [-0.05, 0) is 40.7 Å². The molecular weight excluding hydrogens is 342 g/mol. The second kappa shape index (κ2) is 7.71. The van der Waals surface area contributed by atoms with Crippen molar-refractivity contribution in [3.05, 3.63) is 54.6 Å². The van der Waals surface area contributed by atoms with Gasteiger partial charge in [-0.3, -0.25) is 4.79 Å². The molecule has 0 fully saturated rings. The predicted octanol–water partition coefficient (Wildman–Crippen LogP) is 1.76. The molecule has 2 aromatic carbocycles. The summed E-state index contributed by atoms with van der Waals surface area (Å²) in [7, 11) is 1.57.